The van der Waals surface area contributed by atoms with Crippen LogP contribution < -0.4 is 5.32 Å². The van der Waals surface area contributed by atoms with Crippen LogP contribution in [0.4, 0.5) is 14.9 Å². The summed E-state index contributed by atoms with van der Waals surface area (Å²) in [7, 11) is 0. The third-order valence-corrected chi connectivity index (χ3v) is 5.93. The first-order chi connectivity index (χ1) is 14.4. The molecular weight excluding hydrogens is 403 g/mol. The van der Waals surface area contributed by atoms with Gasteiger partial charge in [-0.15, -0.1) is 11.3 Å². The minimum Gasteiger partial charge on any atom is -0.444 e. The van der Waals surface area contributed by atoms with Crippen LogP contribution in [0.2, 0.25) is 0 Å². The number of hydrogen-bond donors (Lipinski definition) is 1. The van der Waals surface area contributed by atoms with E-state index in [0.717, 1.165) is 44.2 Å². The van der Waals surface area contributed by atoms with Gasteiger partial charge < -0.3 is 4.74 Å². The van der Waals surface area contributed by atoms with Crippen LogP contribution in [0.3, 0.4) is 0 Å². The van der Waals surface area contributed by atoms with Crippen molar-refractivity contribution in [3.05, 3.63) is 64.5 Å². The number of thiazole rings is 1. The fraction of sp³-hybridized carbons (Fsp3) is 0.227. The number of aryl methyl sites for hydroxylation is 3. The predicted molar refractivity (Wildman–Crippen MR) is 116 cm³/mol. The van der Waals surface area contributed by atoms with Gasteiger partial charge in [-0.25, -0.2) is 14.2 Å². The molecule has 0 aliphatic rings. The summed E-state index contributed by atoms with van der Waals surface area (Å²) in [6.07, 6.45) is 1.40. The van der Waals surface area contributed by atoms with Crippen molar-refractivity contribution in [2.75, 3.05) is 5.32 Å². The standard InChI is InChI=1S/C22H21FN4O2S/c1-4-27-11-15-10-17(6-8-19(15)26-27)25-22(28)29-12-20-14(3)24-21(30-20)18-7-5-16(23)9-13(18)2/h5-11H,4,12H2,1-3H3,(H,25,28). The number of aromatic nitrogens is 3. The number of halogens is 1. The molecule has 0 saturated heterocycles. The van der Waals surface area contributed by atoms with E-state index in [0.29, 0.717) is 5.69 Å². The monoisotopic (exact) mass is 424 g/mol. The highest BCUT2D eigenvalue weighted by Gasteiger charge is 2.14. The molecule has 0 spiro atoms. The third kappa shape index (κ3) is 4.18. The zero-order valence-corrected chi connectivity index (χ0v) is 17.7. The first kappa shape index (κ1) is 20.0. The first-order valence-electron chi connectivity index (χ1n) is 9.56. The number of fused-ring (bicyclic) bond motifs is 1. The fourth-order valence-electron chi connectivity index (χ4n) is 3.15. The van der Waals surface area contributed by atoms with Crippen molar-refractivity contribution >= 4 is 34.0 Å². The van der Waals surface area contributed by atoms with Crippen LogP contribution in [0.15, 0.2) is 42.6 Å². The normalized spacial score (nSPS) is 11.1. The largest absolute Gasteiger partial charge is 0.444 e. The average molecular weight is 425 g/mol. The molecule has 0 unspecified atom stereocenters. The van der Waals surface area contributed by atoms with E-state index in [-0.39, 0.29) is 12.4 Å². The van der Waals surface area contributed by atoms with Gasteiger partial charge in [0.2, 0.25) is 0 Å². The minimum atomic E-state index is -0.537. The number of carbonyl (C=O) groups is 1. The maximum atomic E-state index is 13.4. The Morgan fingerprint density at radius 3 is 2.83 bits per heavy atom. The van der Waals surface area contributed by atoms with Crippen LogP contribution in [-0.2, 0) is 17.9 Å². The molecule has 4 rings (SSSR count). The molecule has 0 saturated carbocycles. The van der Waals surface area contributed by atoms with Crippen LogP contribution in [0.5, 0.6) is 0 Å². The average Bonchev–Trinajstić information content (AvgIpc) is 3.29. The molecular formula is C22H21FN4O2S. The molecule has 2 heterocycles. The highest BCUT2D eigenvalue weighted by molar-refractivity contribution is 7.15. The second kappa shape index (κ2) is 8.23. The summed E-state index contributed by atoms with van der Waals surface area (Å²) in [4.78, 5) is 17.7. The second-order valence-electron chi connectivity index (χ2n) is 6.95. The molecule has 0 bridgehead atoms. The topological polar surface area (TPSA) is 69.0 Å². The molecule has 4 aromatic rings. The Morgan fingerprint density at radius 1 is 1.23 bits per heavy atom. The van der Waals surface area contributed by atoms with Gasteiger partial charge in [-0.05, 0) is 62.7 Å². The van der Waals surface area contributed by atoms with Gasteiger partial charge in [0.25, 0.3) is 0 Å². The number of ether oxygens (including phenoxy) is 1. The van der Waals surface area contributed by atoms with E-state index in [1.54, 1.807) is 12.1 Å². The quantitative estimate of drug-likeness (QED) is 0.447. The van der Waals surface area contributed by atoms with Gasteiger partial charge in [0, 0.05) is 29.4 Å². The Labute approximate surface area is 177 Å². The molecule has 0 atom stereocenters. The predicted octanol–water partition coefficient (Wildman–Crippen LogP) is 5.68. The SMILES string of the molecule is CCn1cc2cc(NC(=O)OCc3sc(-c4ccc(F)cc4C)nc3C)ccc2n1. The van der Waals surface area contributed by atoms with Crippen molar-refractivity contribution in [3.8, 4) is 10.6 Å². The van der Waals surface area contributed by atoms with Crippen molar-refractivity contribution in [1.82, 2.24) is 14.8 Å². The number of benzene rings is 2. The van der Waals surface area contributed by atoms with Gasteiger partial charge in [0.05, 0.1) is 16.1 Å². The number of nitrogens with zero attached hydrogens (tertiary/aromatic N) is 3. The molecule has 8 heteroatoms. The van der Waals surface area contributed by atoms with Crippen LogP contribution in [0.25, 0.3) is 21.5 Å². The van der Waals surface area contributed by atoms with E-state index in [1.165, 1.54) is 23.5 Å². The van der Waals surface area contributed by atoms with Crippen molar-refractivity contribution in [2.45, 2.75) is 33.9 Å². The summed E-state index contributed by atoms with van der Waals surface area (Å²) in [6.45, 7) is 6.64. The Kier molecular flexibility index (Phi) is 5.50. The number of rotatable bonds is 5. The molecule has 6 nitrogen and oxygen atoms in total. The van der Waals surface area contributed by atoms with Crippen molar-refractivity contribution in [1.29, 1.82) is 0 Å². The molecule has 0 aliphatic carbocycles. The Balaban J connectivity index is 1.42. The number of carbonyl (C=O) groups excluding carboxylic acids is 1. The molecule has 30 heavy (non-hydrogen) atoms. The molecule has 0 aliphatic heterocycles. The lowest BCUT2D eigenvalue weighted by molar-refractivity contribution is 0.156. The van der Waals surface area contributed by atoms with Gasteiger partial charge in [-0.1, -0.05) is 0 Å². The smallest absolute Gasteiger partial charge is 0.411 e. The summed E-state index contributed by atoms with van der Waals surface area (Å²) in [6, 6.07) is 10.1. The number of nitrogens with one attached hydrogen (secondary N) is 1. The zero-order chi connectivity index (χ0) is 21.3. The molecule has 2 aromatic heterocycles. The lowest BCUT2D eigenvalue weighted by atomic mass is 10.1. The maximum Gasteiger partial charge on any atom is 0.411 e. The van der Waals surface area contributed by atoms with Crippen LogP contribution in [0, 0.1) is 19.7 Å². The molecule has 2 aromatic carbocycles. The number of anilines is 1. The summed E-state index contributed by atoms with van der Waals surface area (Å²) < 4.78 is 20.6. The van der Waals surface area contributed by atoms with Crippen LogP contribution in [-0.4, -0.2) is 20.9 Å². The van der Waals surface area contributed by atoms with Gasteiger partial charge in [0.1, 0.15) is 17.4 Å². The van der Waals surface area contributed by atoms with E-state index in [2.05, 4.69) is 15.4 Å². The third-order valence-electron chi connectivity index (χ3n) is 4.77. The maximum absolute atomic E-state index is 13.4. The van der Waals surface area contributed by atoms with E-state index in [4.69, 9.17) is 4.74 Å². The zero-order valence-electron chi connectivity index (χ0n) is 16.9. The Morgan fingerprint density at radius 2 is 2.07 bits per heavy atom. The lowest BCUT2D eigenvalue weighted by Gasteiger charge is -2.06. The molecule has 1 N–H and O–H groups in total. The van der Waals surface area contributed by atoms with Gasteiger partial charge in [-0.3, -0.25) is 10.00 Å². The summed E-state index contributed by atoms with van der Waals surface area (Å²) in [5.74, 6) is -0.273. The Bertz CT molecular complexity index is 1230. The highest BCUT2D eigenvalue weighted by atomic mass is 32.1. The van der Waals surface area contributed by atoms with E-state index < -0.39 is 6.09 Å². The van der Waals surface area contributed by atoms with Crippen LogP contribution >= 0.6 is 11.3 Å². The van der Waals surface area contributed by atoms with E-state index in [9.17, 15) is 9.18 Å². The molecule has 1 amide bonds. The lowest BCUT2D eigenvalue weighted by Crippen LogP contribution is -2.13. The van der Waals surface area contributed by atoms with Crippen molar-refractivity contribution in [2.24, 2.45) is 0 Å². The fourth-order valence-corrected chi connectivity index (χ4v) is 4.21. The Hall–Kier alpha value is -3.26. The summed E-state index contributed by atoms with van der Waals surface area (Å²) in [5, 5.41) is 8.90. The minimum absolute atomic E-state index is 0.117. The van der Waals surface area contributed by atoms with Gasteiger partial charge in [-0.2, -0.15) is 5.10 Å². The highest BCUT2D eigenvalue weighted by Crippen LogP contribution is 2.31. The molecule has 0 radical (unpaired) electrons. The second-order valence-corrected chi connectivity index (χ2v) is 8.03. The summed E-state index contributed by atoms with van der Waals surface area (Å²) >= 11 is 1.44. The van der Waals surface area contributed by atoms with E-state index in [1.807, 2.05) is 43.8 Å². The molecule has 154 valence electrons. The van der Waals surface area contributed by atoms with E-state index >= 15 is 0 Å². The van der Waals surface area contributed by atoms with Crippen molar-refractivity contribution < 1.29 is 13.9 Å². The number of amides is 1. The number of hydrogen-bond acceptors (Lipinski definition) is 5. The molecule has 0 fully saturated rings. The van der Waals surface area contributed by atoms with Crippen LogP contribution in [0.1, 0.15) is 23.1 Å². The van der Waals surface area contributed by atoms with Gasteiger partial charge >= 0.3 is 6.09 Å². The van der Waals surface area contributed by atoms with Crippen molar-refractivity contribution in [3.63, 3.8) is 0 Å². The van der Waals surface area contributed by atoms with Gasteiger partial charge in [0.15, 0.2) is 0 Å². The first-order valence-corrected chi connectivity index (χ1v) is 10.4. The summed E-state index contributed by atoms with van der Waals surface area (Å²) in [5.41, 5.74) is 4.00.